The molecular weight excluding hydrogens is 302 g/mol. The van der Waals surface area contributed by atoms with Crippen molar-refractivity contribution in [1.82, 2.24) is 0 Å². The van der Waals surface area contributed by atoms with E-state index in [0.29, 0.717) is 24.0 Å². The molecule has 2 rings (SSSR count). The molecule has 0 saturated heterocycles. The van der Waals surface area contributed by atoms with Crippen molar-refractivity contribution in [2.24, 2.45) is 0 Å². The zero-order valence-electron chi connectivity index (χ0n) is 11.5. The summed E-state index contributed by atoms with van der Waals surface area (Å²) in [4.78, 5) is 11.9. The summed E-state index contributed by atoms with van der Waals surface area (Å²) in [7, 11) is 0. The lowest BCUT2D eigenvalue weighted by atomic mass is 9.95. The monoisotopic (exact) mass is 315 g/mol. The molecule has 0 saturated carbocycles. The molecule has 0 bridgehead atoms. The number of aliphatic carboxylic acids is 1. The molecular formula is C16H13NO4S. The van der Waals surface area contributed by atoms with Gasteiger partial charge in [-0.2, -0.15) is 5.26 Å². The Morgan fingerprint density at radius 2 is 2.05 bits per heavy atom. The van der Waals surface area contributed by atoms with E-state index >= 15 is 0 Å². The summed E-state index contributed by atoms with van der Waals surface area (Å²) in [5.41, 5.74) is 0.614. The van der Waals surface area contributed by atoms with Crippen LogP contribution in [0.5, 0.6) is 11.5 Å². The van der Waals surface area contributed by atoms with Crippen LogP contribution in [0.2, 0.25) is 0 Å². The molecule has 0 fully saturated rings. The van der Waals surface area contributed by atoms with Gasteiger partial charge in [0.05, 0.1) is 5.57 Å². The van der Waals surface area contributed by atoms with Gasteiger partial charge in [0.1, 0.15) is 6.07 Å². The zero-order valence-corrected chi connectivity index (χ0v) is 12.3. The van der Waals surface area contributed by atoms with Crippen molar-refractivity contribution in [1.29, 1.82) is 5.26 Å². The van der Waals surface area contributed by atoms with Gasteiger partial charge in [0, 0.05) is 16.5 Å². The minimum Gasteiger partial charge on any atom is -0.504 e. The smallest absolute Gasteiger partial charge is 0.329 e. The number of nitriles is 1. The lowest BCUT2D eigenvalue weighted by Crippen LogP contribution is -1.99. The number of phenolic OH excluding ortho intramolecular Hbond substituents is 2. The third kappa shape index (κ3) is 3.45. The number of aromatic hydroxyl groups is 2. The standard InChI is InChI=1S/C16H13NO4S/c17-9-10(8-15(19)20)12-5-6-14(18)16(21)13(12)4-3-11-2-1-7-22-11/h1-2,5-8,18,21H,3-4H2,(H,19,20). The third-order valence-corrected chi connectivity index (χ3v) is 4.08. The molecule has 1 aromatic heterocycles. The van der Waals surface area contributed by atoms with Gasteiger partial charge < -0.3 is 15.3 Å². The Hall–Kier alpha value is -2.78. The summed E-state index contributed by atoms with van der Waals surface area (Å²) < 4.78 is 0. The van der Waals surface area contributed by atoms with Gasteiger partial charge in [-0.05, 0) is 42.0 Å². The quantitative estimate of drug-likeness (QED) is 0.447. The van der Waals surface area contributed by atoms with E-state index in [0.717, 1.165) is 11.0 Å². The van der Waals surface area contributed by atoms with Crippen LogP contribution in [0.4, 0.5) is 0 Å². The molecule has 0 radical (unpaired) electrons. The number of carboxylic acid groups (broad SMARTS) is 1. The van der Waals surface area contributed by atoms with Crippen LogP contribution in [0.3, 0.4) is 0 Å². The molecule has 3 N–H and O–H groups in total. The number of benzene rings is 1. The number of allylic oxidation sites excluding steroid dienone is 1. The molecule has 0 amide bonds. The average molecular weight is 315 g/mol. The predicted octanol–water partition coefficient (Wildman–Crippen LogP) is 2.94. The number of aryl methyl sites for hydroxylation is 1. The molecule has 0 unspecified atom stereocenters. The summed E-state index contributed by atoms with van der Waals surface area (Å²) in [6.07, 6.45) is 1.79. The molecule has 112 valence electrons. The fourth-order valence-electron chi connectivity index (χ4n) is 2.13. The number of rotatable bonds is 5. The highest BCUT2D eigenvalue weighted by Gasteiger charge is 2.16. The van der Waals surface area contributed by atoms with E-state index in [2.05, 4.69) is 0 Å². The van der Waals surface area contributed by atoms with Gasteiger partial charge in [-0.15, -0.1) is 11.3 Å². The van der Waals surface area contributed by atoms with Gasteiger partial charge in [-0.3, -0.25) is 0 Å². The highest BCUT2D eigenvalue weighted by Crippen LogP contribution is 2.35. The minimum absolute atomic E-state index is 0.0658. The maximum atomic E-state index is 10.8. The van der Waals surface area contributed by atoms with Gasteiger partial charge in [-0.1, -0.05) is 6.07 Å². The first-order valence-corrected chi connectivity index (χ1v) is 7.32. The molecule has 0 aliphatic heterocycles. The van der Waals surface area contributed by atoms with E-state index in [1.54, 1.807) is 11.3 Å². The Bertz CT molecular complexity index is 757. The fraction of sp³-hybridized carbons (Fsp3) is 0.125. The van der Waals surface area contributed by atoms with Crippen molar-refractivity contribution in [2.45, 2.75) is 12.8 Å². The summed E-state index contributed by atoms with van der Waals surface area (Å²) in [5, 5.41) is 39.6. The Balaban J connectivity index is 2.43. The van der Waals surface area contributed by atoms with Gasteiger partial charge in [0.15, 0.2) is 11.5 Å². The second-order valence-corrected chi connectivity index (χ2v) is 5.58. The van der Waals surface area contributed by atoms with Crippen LogP contribution >= 0.6 is 11.3 Å². The molecule has 6 heteroatoms. The van der Waals surface area contributed by atoms with Crippen LogP contribution in [0.15, 0.2) is 35.7 Å². The topological polar surface area (TPSA) is 102 Å². The average Bonchev–Trinajstić information content (AvgIpc) is 2.99. The number of carboxylic acids is 1. The van der Waals surface area contributed by atoms with Gasteiger partial charge in [-0.25, -0.2) is 4.79 Å². The number of nitrogens with zero attached hydrogens (tertiary/aromatic N) is 1. The number of hydrogen-bond acceptors (Lipinski definition) is 5. The van der Waals surface area contributed by atoms with E-state index in [1.165, 1.54) is 12.1 Å². The van der Waals surface area contributed by atoms with Crippen molar-refractivity contribution in [2.75, 3.05) is 0 Å². The highest BCUT2D eigenvalue weighted by molar-refractivity contribution is 7.09. The van der Waals surface area contributed by atoms with Crippen LogP contribution in [0, 0.1) is 11.3 Å². The van der Waals surface area contributed by atoms with E-state index in [4.69, 9.17) is 10.4 Å². The van der Waals surface area contributed by atoms with Crippen molar-refractivity contribution in [3.63, 3.8) is 0 Å². The van der Waals surface area contributed by atoms with Crippen molar-refractivity contribution in [3.05, 3.63) is 51.7 Å². The first-order chi connectivity index (χ1) is 10.5. The van der Waals surface area contributed by atoms with Crippen LogP contribution in [-0.4, -0.2) is 21.3 Å². The molecule has 2 aromatic rings. The second-order valence-electron chi connectivity index (χ2n) is 4.55. The Kier molecular flexibility index (Phi) is 4.81. The van der Waals surface area contributed by atoms with Crippen LogP contribution < -0.4 is 0 Å². The summed E-state index contributed by atoms with van der Waals surface area (Å²) in [6.45, 7) is 0. The minimum atomic E-state index is -1.24. The fourth-order valence-corrected chi connectivity index (χ4v) is 2.84. The van der Waals surface area contributed by atoms with E-state index in [-0.39, 0.29) is 17.1 Å². The normalized spacial score (nSPS) is 11.1. The molecule has 5 nitrogen and oxygen atoms in total. The molecule has 0 aliphatic carbocycles. The zero-order chi connectivity index (χ0) is 16.1. The van der Waals surface area contributed by atoms with Crippen LogP contribution in [-0.2, 0) is 17.6 Å². The molecule has 0 aliphatic rings. The van der Waals surface area contributed by atoms with Crippen molar-refractivity contribution in [3.8, 4) is 17.6 Å². The summed E-state index contributed by atoms with van der Waals surface area (Å²) in [6, 6.07) is 8.36. The Morgan fingerprint density at radius 3 is 2.64 bits per heavy atom. The van der Waals surface area contributed by atoms with Crippen molar-refractivity contribution < 1.29 is 20.1 Å². The van der Waals surface area contributed by atoms with E-state index in [1.807, 2.05) is 23.6 Å². The first kappa shape index (κ1) is 15.6. The van der Waals surface area contributed by atoms with Gasteiger partial charge in [0.2, 0.25) is 0 Å². The lowest BCUT2D eigenvalue weighted by Gasteiger charge is -2.11. The lowest BCUT2D eigenvalue weighted by molar-refractivity contribution is -0.131. The first-order valence-electron chi connectivity index (χ1n) is 6.44. The summed E-state index contributed by atoms with van der Waals surface area (Å²) in [5.74, 6) is -1.86. The Morgan fingerprint density at radius 1 is 1.27 bits per heavy atom. The SMILES string of the molecule is N#CC(=CC(=O)O)c1ccc(O)c(O)c1CCc1cccs1. The van der Waals surface area contributed by atoms with E-state index < -0.39 is 5.97 Å². The number of hydrogen-bond donors (Lipinski definition) is 3. The Labute approximate surface area is 131 Å². The maximum Gasteiger partial charge on any atom is 0.329 e. The predicted molar refractivity (Wildman–Crippen MR) is 82.7 cm³/mol. The van der Waals surface area contributed by atoms with Crippen molar-refractivity contribution >= 4 is 22.9 Å². The molecule has 22 heavy (non-hydrogen) atoms. The number of carbonyl (C=O) groups is 1. The third-order valence-electron chi connectivity index (χ3n) is 3.14. The molecule has 1 heterocycles. The second kappa shape index (κ2) is 6.78. The number of thiophene rings is 1. The molecule has 0 atom stereocenters. The summed E-state index contributed by atoms with van der Waals surface area (Å²) >= 11 is 1.57. The van der Waals surface area contributed by atoms with Gasteiger partial charge >= 0.3 is 5.97 Å². The molecule has 0 spiro atoms. The highest BCUT2D eigenvalue weighted by atomic mass is 32.1. The van der Waals surface area contributed by atoms with E-state index in [9.17, 15) is 15.0 Å². The van der Waals surface area contributed by atoms with Gasteiger partial charge in [0.25, 0.3) is 0 Å². The number of phenols is 2. The van der Waals surface area contributed by atoms with Crippen LogP contribution in [0.1, 0.15) is 16.0 Å². The van der Waals surface area contributed by atoms with Crippen LogP contribution in [0.25, 0.3) is 5.57 Å². The maximum absolute atomic E-state index is 10.8. The largest absolute Gasteiger partial charge is 0.504 e. The molecule has 1 aromatic carbocycles.